The summed E-state index contributed by atoms with van der Waals surface area (Å²) in [6.07, 6.45) is 2.61. The van der Waals surface area contributed by atoms with E-state index in [-0.39, 0.29) is 11.7 Å². The molecular weight excluding hydrogens is 274 g/mol. The molecule has 0 aliphatic heterocycles. The molecule has 0 saturated heterocycles. The normalized spacial score (nSPS) is 26.1. The molecule has 1 aromatic heterocycles. The van der Waals surface area contributed by atoms with Crippen molar-refractivity contribution in [1.82, 2.24) is 20.1 Å². The maximum atomic E-state index is 11.7. The minimum Gasteiger partial charge on any atom is -0.300 e. The smallest absolute Gasteiger partial charge is 0.300 e. The van der Waals surface area contributed by atoms with Gasteiger partial charge in [0.2, 0.25) is 0 Å². The summed E-state index contributed by atoms with van der Waals surface area (Å²) in [4.78, 5) is 11.7. The quantitative estimate of drug-likeness (QED) is 0.863. The van der Waals surface area contributed by atoms with Gasteiger partial charge in [0.05, 0.1) is 6.07 Å². The molecule has 0 amide bonds. The van der Waals surface area contributed by atoms with Crippen LogP contribution in [-0.2, 0) is 0 Å². The Morgan fingerprint density at radius 3 is 3.05 bits per heavy atom. The van der Waals surface area contributed by atoms with E-state index in [1.54, 1.807) is 16.3 Å². The molecule has 7 heteroatoms. The molecule has 2 rings (SSSR count). The van der Waals surface area contributed by atoms with Crippen LogP contribution >= 0.6 is 11.8 Å². The predicted molar refractivity (Wildman–Crippen MR) is 78.7 cm³/mol. The van der Waals surface area contributed by atoms with Crippen molar-refractivity contribution in [3.63, 3.8) is 0 Å². The summed E-state index contributed by atoms with van der Waals surface area (Å²) >= 11 is 1.60. The second-order valence-electron chi connectivity index (χ2n) is 5.48. The van der Waals surface area contributed by atoms with Crippen LogP contribution in [0.1, 0.15) is 46.1 Å². The van der Waals surface area contributed by atoms with Gasteiger partial charge in [-0.1, -0.05) is 18.7 Å². The minimum absolute atomic E-state index is 0.0830. The Kier molecular flexibility index (Phi) is 4.55. The van der Waals surface area contributed by atoms with Gasteiger partial charge in [0, 0.05) is 11.3 Å². The zero-order chi connectivity index (χ0) is 14.8. The molecular formula is C13H21N5OS. The van der Waals surface area contributed by atoms with E-state index >= 15 is 0 Å². The first kappa shape index (κ1) is 15.1. The van der Waals surface area contributed by atoms with Crippen LogP contribution < -0.4 is 11.0 Å². The molecule has 6 nitrogen and oxygen atoms in total. The fourth-order valence-electron chi connectivity index (χ4n) is 2.72. The highest BCUT2D eigenvalue weighted by molar-refractivity contribution is 7.99. The Hall–Kier alpha value is -1.26. The maximum Gasteiger partial charge on any atom is 0.344 e. The Labute approximate surface area is 122 Å². The SMILES string of the molecule is CCNC1(C#N)CCC(Sc2n[nH]c(=O)n2C(C)C)C1. The molecule has 1 heterocycles. The summed E-state index contributed by atoms with van der Waals surface area (Å²) in [7, 11) is 0. The molecule has 1 aliphatic rings. The molecule has 20 heavy (non-hydrogen) atoms. The number of H-pyrrole nitrogens is 1. The molecule has 0 spiro atoms. The third kappa shape index (κ3) is 2.91. The van der Waals surface area contributed by atoms with Gasteiger partial charge in [0.1, 0.15) is 5.54 Å². The summed E-state index contributed by atoms with van der Waals surface area (Å²) < 4.78 is 1.67. The van der Waals surface area contributed by atoms with Crippen molar-refractivity contribution < 1.29 is 0 Å². The zero-order valence-electron chi connectivity index (χ0n) is 12.1. The lowest BCUT2D eigenvalue weighted by Crippen LogP contribution is -2.41. The van der Waals surface area contributed by atoms with Crippen molar-refractivity contribution in [2.75, 3.05) is 6.54 Å². The molecule has 0 bridgehead atoms. The molecule has 1 aliphatic carbocycles. The van der Waals surface area contributed by atoms with Crippen LogP contribution in [0, 0.1) is 11.3 Å². The monoisotopic (exact) mass is 295 g/mol. The molecule has 2 unspecified atom stereocenters. The van der Waals surface area contributed by atoms with Crippen molar-refractivity contribution in [3.05, 3.63) is 10.5 Å². The number of aromatic nitrogens is 3. The summed E-state index contributed by atoms with van der Waals surface area (Å²) in [6.45, 7) is 6.75. The molecule has 1 saturated carbocycles. The highest BCUT2D eigenvalue weighted by atomic mass is 32.2. The maximum absolute atomic E-state index is 11.7. The number of hydrogen-bond acceptors (Lipinski definition) is 5. The van der Waals surface area contributed by atoms with E-state index in [0.717, 1.165) is 31.0 Å². The number of aromatic amines is 1. The van der Waals surface area contributed by atoms with Crippen LogP contribution in [0.4, 0.5) is 0 Å². The van der Waals surface area contributed by atoms with E-state index in [1.165, 1.54) is 0 Å². The number of hydrogen-bond donors (Lipinski definition) is 2. The van der Waals surface area contributed by atoms with Gasteiger partial charge in [-0.2, -0.15) is 5.26 Å². The first-order chi connectivity index (χ1) is 9.51. The fourth-order valence-corrected chi connectivity index (χ4v) is 4.13. The van der Waals surface area contributed by atoms with E-state index in [9.17, 15) is 10.1 Å². The summed E-state index contributed by atoms with van der Waals surface area (Å²) in [5.41, 5.74) is -0.579. The summed E-state index contributed by atoms with van der Waals surface area (Å²) in [5.74, 6) is 0. The highest BCUT2D eigenvalue weighted by Crippen LogP contribution is 2.39. The van der Waals surface area contributed by atoms with Crippen molar-refractivity contribution in [3.8, 4) is 6.07 Å². The lowest BCUT2D eigenvalue weighted by Gasteiger charge is -2.21. The topological polar surface area (TPSA) is 86.5 Å². The van der Waals surface area contributed by atoms with Gasteiger partial charge in [0.15, 0.2) is 5.16 Å². The molecule has 2 N–H and O–H groups in total. The van der Waals surface area contributed by atoms with Gasteiger partial charge in [-0.15, -0.1) is 5.10 Å². The largest absolute Gasteiger partial charge is 0.344 e. The standard InChI is InChI=1S/C13H21N5OS/c1-4-15-13(8-14)6-5-10(7-13)20-12-17-16-11(19)18(12)9(2)3/h9-10,15H,4-7H2,1-3H3,(H,16,19). The van der Waals surface area contributed by atoms with E-state index in [1.807, 2.05) is 20.8 Å². The van der Waals surface area contributed by atoms with Gasteiger partial charge in [-0.25, -0.2) is 9.89 Å². The van der Waals surface area contributed by atoms with E-state index < -0.39 is 5.54 Å². The Balaban J connectivity index is 2.10. The average molecular weight is 295 g/mol. The van der Waals surface area contributed by atoms with E-state index in [2.05, 4.69) is 21.6 Å². The average Bonchev–Trinajstić information content (AvgIpc) is 2.96. The molecule has 110 valence electrons. The number of nitrogens with zero attached hydrogens (tertiary/aromatic N) is 3. The van der Waals surface area contributed by atoms with Crippen LogP contribution in [0.2, 0.25) is 0 Å². The van der Waals surface area contributed by atoms with Gasteiger partial charge in [-0.05, 0) is 39.7 Å². The van der Waals surface area contributed by atoms with Crippen molar-refractivity contribution >= 4 is 11.8 Å². The van der Waals surface area contributed by atoms with E-state index in [0.29, 0.717) is 5.25 Å². The van der Waals surface area contributed by atoms with Gasteiger partial charge < -0.3 is 0 Å². The minimum atomic E-state index is -0.411. The second-order valence-corrected chi connectivity index (χ2v) is 6.75. The first-order valence-corrected chi connectivity index (χ1v) is 7.89. The third-order valence-corrected chi connectivity index (χ3v) is 4.89. The van der Waals surface area contributed by atoms with Crippen LogP contribution in [0.15, 0.2) is 9.95 Å². The molecule has 0 radical (unpaired) electrons. The second kappa shape index (κ2) is 6.02. The number of rotatable bonds is 5. The number of thioether (sulfide) groups is 1. The molecule has 0 aromatic carbocycles. The van der Waals surface area contributed by atoms with Gasteiger partial charge >= 0.3 is 5.69 Å². The lowest BCUT2D eigenvalue weighted by atomic mass is 10.0. The van der Waals surface area contributed by atoms with Crippen LogP contribution in [0.25, 0.3) is 0 Å². The van der Waals surface area contributed by atoms with Crippen LogP contribution in [0.3, 0.4) is 0 Å². The number of nitriles is 1. The molecule has 1 aromatic rings. The lowest BCUT2D eigenvalue weighted by molar-refractivity contribution is 0.436. The Morgan fingerprint density at radius 1 is 1.70 bits per heavy atom. The fraction of sp³-hybridized carbons (Fsp3) is 0.769. The predicted octanol–water partition coefficient (Wildman–Crippen LogP) is 1.67. The van der Waals surface area contributed by atoms with Crippen LogP contribution in [0.5, 0.6) is 0 Å². The molecule has 1 fully saturated rings. The van der Waals surface area contributed by atoms with Gasteiger partial charge in [0.25, 0.3) is 0 Å². The Morgan fingerprint density at radius 2 is 2.45 bits per heavy atom. The first-order valence-electron chi connectivity index (χ1n) is 7.01. The van der Waals surface area contributed by atoms with Crippen LogP contribution in [-0.4, -0.2) is 32.1 Å². The summed E-state index contributed by atoms with van der Waals surface area (Å²) in [6, 6.07) is 2.50. The van der Waals surface area contributed by atoms with E-state index in [4.69, 9.17) is 0 Å². The van der Waals surface area contributed by atoms with Crippen molar-refractivity contribution in [2.45, 2.75) is 62.0 Å². The van der Waals surface area contributed by atoms with Gasteiger partial charge in [-0.3, -0.25) is 9.88 Å². The van der Waals surface area contributed by atoms with Crippen molar-refractivity contribution in [2.24, 2.45) is 0 Å². The third-order valence-electron chi connectivity index (χ3n) is 3.66. The molecule has 2 atom stereocenters. The Bertz CT molecular complexity index is 558. The highest BCUT2D eigenvalue weighted by Gasteiger charge is 2.39. The van der Waals surface area contributed by atoms with Crippen molar-refractivity contribution in [1.29, 1.82) is 5.26 Å². The zero-order valence-corrected chi connectivity index (χ0v) is 13.0. The summed E-state index contributed by atoms with van der Waals surface area (Å²) in [5, 5.41) is 20.3. The number of nitrogens with one attached hydrogen (secondary N) is 2.